The van der Waals surface area contributed by atoms with E-state index in [4.69, 9.17) is 10.5 Å². The second-order valence-electron chi connectivity index (χ2n) is 5.98. The highest BCUT2D eigenvalue weighted by Crippen LogP contribution is 2.29. The van der Waals surface area contributed by atoms with Crippen LogP contribution in [0.5, 0.6) is 0 Å². The lowest BCUT2D eigenvalue weighted by Crippen LogP contribution is -2.47. The second kappa shape index (κ2) is 7.28. The SMILES string of the molecule is CC(OC(=O)c1ccc(C(N)=O)cc1)C(=O)N1CC(=O)Nc2ccccc21. The molecule has 1 heterocycles. The zero-order valence-corrected chi connectivity index (χ0v) is 14.5. The van der Waals surface area contributed by atoms with Gasteiger partial charge in [-0.1, -0.05) is 12.1 Å². The lowest BCUT2D eigenvalue weighted by Gasteiger charge is -2.30. The van der Waals surface area contributed by atoms with E-state index in [1.165, 1.54) is 36.1 Å². The minimum Gasteiger partial charge on any atom is -0.449 e. The van der Waals surface area contributed by atoms with Crippen molar-refractivity contribution in [3.8, 4) is 0 Å². The van der Waals surface area contributed by atoms with E-state index in [1.54, 1.807) is 24.3 Å². The normalized spacial score (nSPS) is 14.0. The molecule has 0 aromatic heterocycles. The van der Waals surface area contributed by atoms with Gasteiger partial charge < -0.3 is 15.8 Å². The summed E-state index contributed by atoms with van der Waals surface area (Å²) < 4.78 is 5.22. The van der Waals surface area contributed by atoms with Gasteiger partial charge in [-0.2, -0.15) is 0 Å². The van der Waals surface area contributed by atoms with E-state index in [0.29, 0.717) is 11.4 Å². The van der Waals surface area contributed by atoms with Gasteiger partial charge in [0.15, 0.2) is 6.10 Å². The molecule has 138 valence electrons. The quantitative estimate of drug-likeness (QED) is 0.790. The largest absolute Gasteiger partial charge is 0.449 e. The molecule has 1 aliphatic rings. The van der Waals surface area contributed by atoms with Crippen molar-refractivity contribution in [3.05, 3.63) is 59.7 Å². The number of hydrogen-bond donors (Lipinski definition) is 2. The third kappa shape index (κ3) is 3.79. The maximum absolute atomic E-state index is 12.7. The van der Waals surface area contributed by atoms with Crippen molar-refractivity contribution in [1.82, 2.24) is 0 Å². The molecular formula is C19H17N3O5. The predicted octanol–water partition coefficient (Wildman–Crippen LogP) is 1.32. The van der Waals surface area contributed by atoms with Crippen LogP contribution in [-0.2, 0) is 14.3 Å². The molecule has 2 aromatic carbocycles. The Morgan fingerprint density at radius 2 is 1.70 bits per heavy atom. The molecule has 0 radical (unpaired) electrons. The summed E-state index contributed by atoms with van der Waals surface area (Å²) in [6.45, 7) is 1.28. The van der Waals surface area contributed by atoms with Crippen LogP contribution in [0.2, 0.25) is 0 Å². The van der Waals surface area contributed by atoms with E-state index in [-0.39, 0.29) is 23.6 Å². The predicted molar refractivity (Wildman–Crippen MR) is 97.3 cm³/mol. The van der Waals surface area contributed by atoms with Crippen molar-refractivity contribution in [1.29, 1.82) is 0 Å². The van der Waals surface area contributed by atoms with Crippen molar-refractivity contribution in [2.45, 2.75) is 13.0 Å². The number of nitrogens with zero attached hydrogens (tertiary/aromatic N) is 1. The molecule has 1 atom stereocenters. The second-order valence-corrected chi connectivity index (χ2v) is 5.98. The van der Waals surface area contributed by atoms with Crippen molar-refractivity contribution >= 4 is 35.1 Å². The summed E-state index contributed by atoms with van der Waals surface area (Å²) in [6.07, 6.45) is -1.10. The molecule has 3 amide bonds. The summed E-state index contributed by atoms with van der Waals surface area (Å²) in [4.78, 5) is 49.2. The van der Waals surface area contributed by atoms with E-state index in [2.05, 4.69) is 5.32 Å². The lowest BCUT2D eigenvalue weighted by molar-refractivity contribution is -0.128. The van der Waals surface area contributed by atoms with E-state index < -0.39 is 23.9 Å². The smallest absolute Gasteiger partial charge is 0.338 e. The standard InChI is InChI=1S/C19H17N3O5/c1-11(27-19(26)13-8-6-12(7-9-13)17(20)24)18(25)22-10-16(23)21-14-4-2-3-5-15(14)22/h2-9,11H,10H2,1H3,(H2,20,24)(H,21,23). The molecule has 2 aromatic rings. The van der Waals surface area contributed by atoms with Gasteiger partial charge in [0, 0.05) is 5.56 Å². The fourth-order valence-corrected chi connectivity index (χ4v) is 2.70. The molecule has 0 saturated heterocycles. The van der Waals surface area contributed by atoms with Crippen LogP contribution in [0.4, 0.5) is 11.4 Å². The van der Waals surface area contributed by atoms with Crippen molar-refractivity contribution in [3.63, 3.8) is 0 Å². The van der Waals surface area contributed by atoms with Crippen LogP contribution >= 0.6 is 0 Å². The van der Waals surface area contributed by atoms with Crippen molar-refractivity contribution in [2.24, 2.45) is 5.73 Å². The summed E-state index contributed by atoms with van der Waals surface area (Å²) in [5.74, 6) is -2.18. The maximum Gasteiger partial charge on any atom is 0.338 e. The first-order valence-electron chi connectivity index (χ1n) is 8.18. The molecule has 8 heteroatoms. The molecule has 27 heavy (non-hydrogen) atoms. The van der Waals surface area contributed by atoms with Gasteiger partial charge in [0.1, 0.15) is 6.54 Å². The van der Waals surface area contributed by atoms with Gasteiger partial charge in [0.25, 0.3) is 5.91 Å². The number of carbonyl (C=O) groups excluding carboxylic acids is 4. The van der Waals surface area contributed by atoms with Crippen LogP contribution in [0.15, 0.2) is 48.5 Å². The zero-order valence-electron chi connectivity index (χ0n) is 14.5. The van der Waals surface area contributed by atoms with Crippen molar-refractivity contribution < 1.29 is 23.9 Å². The summed E-state index contributed by atoms with van der Waals surface area (Å²) in [6, 6.07) is 12.5. The molecule has 0 fully saturated rings. The molecule has 3 N–H and O–H groups in total. The topological polar surface area (TPSA) is 119 Å². The summed E-state index contributed by atoms with van der Waals surface area (Å²) in [7, 11) is 0. The molecule has 0 saturated carbocycles. The minimum atomic E-state index is -1.10. The number of nitrogens with two attached hydrogens (primary N) is 1. The molecule has 0 aliphatic carbocycles. The fraction of sp³-hybridized carbons (Fsp3) is 0.158. The average molecular weight is 367 g/mol. The highest BCUT2D eigenvalue weighted by Gasteiger charge is 2.31. The number of primary amides is 1. The number of hydrogen-bond acceptors (Lipinski definition) is 5. The van der Waals surface area contributed by atoms with Gasteiger partial charge >= 0.3 is 5.97 Å². The molecular weight excluding hydrogens is 350 g/mol. The Bertz CT molecular complexity index is 923. The van der Waals surface area contributed by atoms with Crippen LogP contribution in [0, 0.1) is 0 Å². The first-order valence-corrected chi connectivity index (χ1v) is 8.18. The molecule has 0 spiro atoms. The molecule has 1 aliphatic heterocycles. The monoisotopic (exact) mass is 367 g/mol. The van der Waals surface area contributed by atoms with Crippen LogP contribution in [0.1, 0.15) is 27.6 Å². The number of anilines is 2. The zero-order chi connectivity index (χ0) is 19.6. The van der Waals surface area contributed by atoms with Gasteiger partial charge in [0.2, 0.25) is 11.8 Å². The number of ether oxygens (including phenoxy) is 1. The van der Waals surface area contributed by atoms with Gasteiger partial charge in [-0.15, -0.1) is 0 Å². The number of carbonyl (C=O) groups is 4. The van der Waals surface area contributed by atoms with Crippen LogP contribution in [0.25, 0.3) is 0 Å². The summed E-state index contributed by atoms with van der Waals surface area (Å²) in [5, 5.41) is 2.69. The Kier molecular flexibility index (Phi) is 4.89. The van der Waals surface area contributed by atoms with E-state index in [1.807, 2.05) is 0 Å². The maximum atomic E-state index is 12.7. The number of benzene rings is 2. The molecule has 3 rings (SSSR count). The Morgan fingerprint density at radius 1 is 1.07 bits per heavy atom. The average Bonchev–Trinajstić information content (AvgIpc) is 2.66. The molecule has 1 unspecified atom stereocenters. The first kappa shape index (κ1) is 18.1. The first-order chi connectivity index (χ1) is 12.9. The van der Waals surface area contributed by atoms with Crippen LogP contribution < -0.4 is 16.0 Å². The third-order valence-corrected chi connectivity index (χ3v) is 4.07. The Balaban J connectivity index is 1.73. The highest BCUT2D eigenvalue weighted by molar-refractivity contribution is 6.11. The van der Waals surface area contributed by atoms with Crippen LogP contribution in [-0.4, -0.2) is 36.3 Å². The number of amides is 3. The van der Waals surface area contributed by atoms with Gasteiger partial charge in [-0.3, -0.25) is 19.3 Å². The van der Waals surface area contributed by atoms with Gasteiger partial charge in [-0.05, 0) is 43.3 Å². The number of para-hydroxylation sites is 2. The van der Waals surface area contributed by atoms with Crippen molar-refractivity contribution in [2.75, 3.05) is 16.8 Å². The Labute approximate surface area is 154 Å². The van der Waals surface area contributed by atoms with E-state index >= 15 is 0 Å². The Hall–Kier alpha value is -3.68. The van der Waals surface area contributed by atoms with Gasteiger partial charge in [-0.25, -0.2) is 4.79 Å². The highest BCUT2D eigenvalue weighted by atomic mass is 16.5. The number of fused-ring (bicyclic) bond motifs is 1. The van der Waals surface area contributed by atoms with E-state index in [9.17, 15) is 19.2 Å². The fourth-order valence-electron chi connectivity index (χ4n) is 2.70. The summed E-state index contributed by atoms with van der Waals surface area (Å²) >= 11 is 0. The third-order valence-electron chi connectivity index (χ3n) is 4.07. The molecule has 8 nitrogen and oxygen atoms in total. The Morgan fingerprint density at radius 3 is 2.37 bits per heavy atom. The summed E-state index contributed by atoms with van der Waals surface area (Å²) in [5.41, 5.74) is 6.64. The number of rotatable bonds is 4. The number of nitrogens with one attached hydrogen (secondary N) is 1. The van der Waals surface area contributed by atoms with E-state index in [0.717, 1.165) is 0 Å². The van der Waals surface area contributed by atoms with Gasteiger partial charge in [0.05, 0.1) is 16.9 Å². The lowest BCUT2D eigenvalue weighted by atomic mass is 10.1. The number of esters is 1. The minimum absolute atomic E-state index is 0.162. The van der Waals surface area contributed by atoms with Crippen LogP contribution in [0.3, 0.4) is 0 Å². The molecule has 0 bridgehead atoms.